The van der Waals surface area contributed by atoms with Crippen LogP contribution < -0.4 is 10.1 Å². The van der Waals surface area contributed by atoms with Crippen molar-refractivity contribution in [3.05, 3.63) is 77.4 Å². The van der Waals surface area contributed by atoms with E-state index in [9.17, 15) is 9.59 Å². The Kier molecular flexibility index (Phi) is 9.07. The maximum Gasteiger partial charge on any atom is 0.328 e. The molecule has 176 valence electrons. The number of carbonyl (C=O) groups is 2. The minimum atomic E-state index is -1.26. The van der Waals surface area contributed by atoms with Gasteiger partial charge >= 0.3 is 11.9 Å². The number of ether oxygens (including phenoxy) is 1. The molecule has 3 N–H and O–H groups in total. The smallest absolute Gasteiger partial charge is 0.328 e. The molecular weight excluding hydrogens is 418 g/mol. The number of benzene rings is 2. The van der Waals surface area contributed by atoms with Gasteiger partial charge in [0.05, 0.1) is 6.61 Å². The Labute approximate surface area is 195 Å². The van der Waals surface area contributed by atoms with Gasteiger partial charge in [-0.3, -0.25) is 0 Å². The molecule has 3 unspecified atom stereocenters. The first kappa shape index (κ1) is 24.5. The second-order valence-electron chi connectivity index (χ2n) is 8.56. The SMILES string of the molecule is CCCCOc1ccc(C2CC3CCNCC3c3ccccc32)cc1.O=C(O)/C=C\C(=O)O. The first-order valence-electron chi connectivity index (χ1n) is 11.7. The molecule has 2 aromatic carbocycles. The number of piperidine rings is 1. The number of carboxylic acid groups (broad SMARTS) is 2. The number of nitrogens with one attached hydrogen (secondary N) is 1. The molecule has 4 rings (SSSR count). The highest BCUT2D eigenvalue weighted by Gasteiger charge is 2.36. The molecule has 1 aliphatic carbocycles. The van der Waals surface area contributed by atoms with E-state index in [1.54, 1.807) is 5.56 Å². The van der Waals surface area contributed by atoms with E-state index in [0.29, 0.717) is 24.0 Å². The van der Waals surface area contributed by atoms with Crippen LogP contribution in [0, 0.1) is 5.92 Å². The van der Waals surface area contributed by atoms with Gasteiger partial charge in [0.1, 0.15) is 5.75 Å². The highest BCUT2D eigenvalue weighted by Crippen LogP contribution is 2.47. The Morgan fingerprint density at radius 1 is 1.03 bits per heavy atom. The summed E-state index contributed by atoms with van der Waals surface area (Å²) < 4.78 is 5.84. The molecule has 1 fully saturated rings. The van der Waals surface area contributed by atoms with Crippen molar-refractivity contribution in [2.75, 3.05) is 19.7 Å². The average molecular weight is 452 g/mol. The molecule has 0 aromatic heterocycles. The maximum atomic E-state index is 9.55. The van der Waals surface area contributed by atoms with Crippen LogP contribution in [0.3, 0.4) is 0 Å². The van der Waals surface area contributed by atoms with Crippen LogP contribution >= 0.6 is 0 Å². The van der Waals surface area contributed by atoms with Gasteiger partial charge in [0.15, 0.2) is 0 Å². The van der Waals surface area contributed by atoms with Gasteiger partial charge in [-0.1, -0.05) is 49.7 Å². The predicted molar refractivity (Wildman–Crippen MR) is 128 cm³/mol. The van der Waals surface area contributed by atoms with E-state index < -0.39 is 11.9 Å². The van der Waals surface area contributed by atoms with Crippen LogP contribution in [0.1, 0.15) is 61.1 Å². The van der Waals surface area contributed by atoms with Crippen LogP contribution in [0.5, 0.6) is 5.75 Å². The largest absolute Gasteiger partial charge is 0.494 e. The van der Waals surface area contributed by atoms with Gasteiger partial charge in [0, 0.05) is 24.6 Å². The van der Waals surface area contributed by atoms with E-state index in [4.69, 9.17) is 14.9 Å². The van der Waals surface area contributed by atoms with Crippen LogP contribution in [0.2, 0.25) is 0 Å². The van der Waals surface area contributed by atoms with Gasteiger partial charge in [-0.2, -0.15) is 0 Å². The molecule has 0 radical (unpaired) electrons. The van der Waals surface area contributed by atoms with Crippen LogP contribution in [0.15, 0.2) is 60.7 Å². The summed E-state index contributed by atoms with van der Waals surface area (Å²) in [6.07, 6.45) is 5.99. The number of fused-ring (bicyclic) bond motifs is 3. The Balaban J connectivity index is 0.000000331. The number of carboxylic acids is 2. The Bertz CT molecular complexity index is 937. The quantitative estimate of drug-likeness (QED) is 0.413. The topological polar surface area (TPSA) is 95.9 Å². The van der Waals surface area contributed by atoms with Gasteiger partial charge in [0.2, 0.25) is 0 Å². The zero-order valence-electron chi connectivity index (χ0n) is 19.1. The van der Waals surface area contributed by atoms with Gasteiger partial charge in [-0.05, 0) is 66.5 Å². The van der Waals surface area contributed by atoms with E-state index in [-0.39, 0.29) is 0 Å². The predicted octanol–water partition coefficient (Wildman–Crippen LogP) is 4.81. The molecule has 0 amide bonds. The molecule has 2 aromatic rings. The van der Waals surface area contributed by atoms with Gasteiger partial charge in [-0.15, -0.1) is 0 Å². The van der Waals surface area contributed by atoms with Crippen LogP contribution in [0.25, 0.3) is 0 Å². The lowest BCUT2D eigenvalue weighted by atomic mass is 9.66. The minimum Gasteiger partial charge on any atom is -0.494 e. The standard InChI is InChI=1S/C23H29NO.C4H4O4/c1-2-3-14-25-19-10-8-17(9-11-19)22-15-18-12-13-24-16-23(18)21-7-5-4-6-20(21)22;5-3(6)1-2-4(7)8/h4-11,18,22-24H,2-3,12-16H2,1H3;1-2H,(H,5,6)(H,7,8)/b;2-1-. The van der Waals surface area contributed by atoms with Crippen molar-refractivity contribution >= 4 is 11.9 Å². The fourth-order valence-corrected chi connectivity index (χ4v) is 4.74. The summed E-state index contributed by atoms with van der Waals surface area (Å²) in [7, 11) is 0. The molecule has 6 nitrogen and oxygen atoms in total. The third kappa shape index (κ3) is 6.93. The first-order chi connectivity index (χ1) is 16.0. The van der Waals surface area contributed by atoms with Crippen LogP contribution in [0.4, 0.5) is 0 Å². The van der Waals surface area contributed by atoms with Crippen molar-refractivity contribution in [2.45, 2.75) is 44.4 Å². The summed E-state index contributed by atoms with van der Waals surface area (Å²) in [6.45, 7) is 5.32. The van der Waals surface area contributed by atoms with E-state index in [1.165, 1.54) is 36.9 Å². The third-order valence-corrected chi connectivity index (χ3v) is 6.35. The zero-order valence-corrected chi connectivity index (χ0v) is 19.1. The van der Waals surface area contributed by atoms with Crippen molar-refractivity contribution < 1.29 is 24.5 Å². The minimum absolute atomic E-state index is 0.528. The lowest BCUT2D eigenvalue weighted by Crippen LogP contribution is -2.38. The molecule has 1 heterocycles. The highest BCUT2D eigenvalue weighted by molar-refractivity contribution is 5.89. The molecule has 1 aliphatic heterocycles. The second kappa shape index (κ2) is 12.2. The summed E-state index contributed by atoms with van der Waals surface area (Å²) in [5.74, 6) is 0.514. The normalized spacial score (nSPS) is 21.3. The van der Waals surface area contributed by atoms with Gasteiger partial charge < -0.3 is 20.3 Å². The van der Waals surface area contributed by atoms with E-state index in [2.05, 4.69) is 60.8 Å². The molecule has 0 spiro atoms. The summed E-state index contributed by atoms with van der Waals surface area (Å²) in [6, 6.07) is 18.0. The van der Waals surface area contributed by atoms with Crippen LogP contribution in [-0.2, 0) is 9.59 Å². The summed E-state index contributed by atoms with van der Waals surface area (Å²) >= 11 is 0. The van der Waals surface area contributed by atoms with E-state index in [0.717, 1.165) is 31.2 Å². The van der Waals surface area contributed by atoms with Crippen LogP contribution in [-0.4, -0.2) is 41.8 Å². The molecule has 1 saturated heterocycles. The monoisotopic (exact) mass is 451 g/mol. The molecule has 0 saturated carbocycles. The van der Waals surface area contributed by atoms with E-state index >= 15 is 0 Å². The summed E-state index contributed by atoms with van der Waals surface area (Å²) in [5.41, 5.74) is 4.54. The molecule has 2 aliphatic rings. The fraction of sp³-hybridized carbons (Fsp3) is 0.407. The van der Waals surface area contributed by atoms with Crippen molar-refractivity contribution in [3.8, 4) is 5.75 Å². The lowest BCUT2D eigenvalue weighted by Gasteiger charge is -2.41. The van der Waals surface area contributed by atoms with Crippen molar-refractivity contribution in [1.82, 2.24) is 5.32 Å². The lowest BCUT2D eigenvalue weighted by molar-refractivity contribution is -0.134. The van der Waals surface area contributed by atoms with Crippen molar-refractivity contribution in [2.24, 2.45) is 5.92 Å². The molecule has 3 atom stereocenters. The Morgan fingerprint density at radius 2 is 1.70 bits per heavy atom. The van der Waals surface area contributed by atoms with Crippen molar-refractivity contribution in [1.29, 1.82) is 0 Å². The number of aliphatic carboxylic acids is 2. The first-order valence-corrected chi connectivity index (χ1v) is 11.7. The summed E-state index contributed by atoms with van der Waals surface area (Å²) in [5, 5.41) is 19.2. The number of hydrogen-bond acceptors (Lipinski definition) is 4. The zero-order chi connectivity index (χ0) is 23.6. The molecular formula is C27H33NO5. The van der Waals surface area contributed by atoms with Crippen molar-refractivity contribution in [3.63, 3.8) is 0 Å². The highest BCUT2D eigenvalue weighted by atomic mass is 16.5. The number of rotatable bonds is 7. The Morgan fingerprint density at radius 3 is 2.33 bits per heavy atom. The number of unbranched alkanes of at least 4 members (excludes halogenated alkanes) is 1. The molecule has 33 heavy (non-hydrogen) atoms. The van der Waals surface area contributed by atoms with Gasteiger partial charge in [-0.25, -0.2) is 9.59 Å². The fourth-order valence-electron chi connectivity index (χ4n) is 4.74. The summed E-state index contributed by atoms with van der Waals surface area (Å²) in [4.78, 5) is 19.1. The number of hydrogen-bond donors (Lipinski definition) is 3. The molecule has 6 heteroatoms. The third-order valence-electron chi connectivity index (χ3n) is 6.35. The molecule has 0 bridgehead atoms. The average Bonchev–Trinajstić information content (AvgIpc) is 2.83. The maximum absolute atomic E-state index is 9.55. The second-order valence-corrected chi connectivity index (χ2v) is 8.56. The van der Waals surface area contributed by atoms with E-state index in [1.807, 2.05) is 0 Å². The van der Waals surface area contributed by atoms with Gasteiger partial charge in [0.25, 0.3) is 0 Å². The Hall–Kier alpha value is -3.12.